The minimum Gasteiger partial charge on any atom is -0.545 e. The van der Waals surface area contributed by atoms with Crippen LogP contribution < -0.4 is 5.11 Å². The Balaban J connectivity index is 3.98. The summed E-state index contributed by atoms with van der Waals surface area (Å²) >= 11 is 0. The quantitative estimate of drug-likeness (QED) is 0.0195. The van der Waals surface area contributed by atoms with Gasteiger partial charge in [0.25, 0.3) is 0 Å². The summed E-state index contributed by atoms with van der Waals surface area (Å²) in [6, 6.07) is 0. The van der Waals surface area contributed by atoms with Crippen molar-refractivity contribution in [1.82, 2.24) is 0 Å². The molecule has 0 spiro atoms. The van der Waals surface area contributed by atoms with Gasteiger partial charge in [-0.3, -0.25) is 9.59 Å². The second-order valence-corrected chi connectivity index (χ2v) is 24.1. The number of nitrogens with zero attached hydrogens (tertiary/aromatic N) is 1. The third kappa shape index (κ3) is 61.2. The van der Waals surface area contributed by atoms with Gasteiger partial charge in [0.05, 0.1) is 40.3 Å². The summed E-state index contributed by atoms with van der Waals surface area (Å²) in [6.07, 6.45) is 69.9. The highest BCUT2D eigenvalue weighted by Crippen LogP contribution is 2.19. The van der Waals surface area contributed by atoms with E-state index in [1.165, 1.54) is 250 Å². The predicted octanol–water partition coefficient (Wildman–Crippen LogP) is 18.9. The third-order valence-electron chi connectivity index (χ3n) is 15.2. The van der Waals surface area contributed by atoms with E-state index in [4.69, 9.17) is 18.9 Å². The first kappa shape index (κ1) is 74.8. The number of quaternary nitrogens is 1. The number of ether oxygens (including phenoxy) is 4. The number of rotatable bonds is 63. The summed E-state index contributed by atoms with van der Waals surface area (Å²) in [4.78, 5) is 37.3. The standard InChI is InChI=1S/C68H129NO8/c1-6-8-10-12-14-16-18-20-22-24-25-26-27-28-29-30-31-32-33-34-35-36-37-38-39-40-41-43-44-46-48-50-52-54-56-58-65(70)75-62-64(63-76-68(67(72)73)74-61-60-69(3,4)5)77-66(71)59-57-55-53-51-49-47-45-42-23-21-19-17-15-13-11-9-7-2/h15,17,21,23,64,68H,6-14,16,18-20,22,24-63H2,1-5H3/b17-15-,23-21-. The van der Waals surface area contributed by atoms with E-state index in [1.807, 2.05) is 21.1 Å². The monoisotopic (exact) mass is 1090 g/mol. The molecule has 9 nitrogen and oxygen atoms in total. The fourth-order valence-corrected chi connectivity index (χ4v) is 10.0. The molecular formula is C68H129NO8. The Bertz CT molecular complexity index is 1310. The Kier molecular flexibility index (Phi) is 58.1. The smallest absolute Gasteiger partial charge is 0.306 e. The number of carboxylic acid groups (broad SMARTS) is 1. The zero-order valence-corrected chi connectivity index (χ0v) is 51.9. The lowest BCUT2D eigenvalue weighted by Gasteiger charge is -2.26. The maximum atomic E-state index is 12.9. The maximum absolute atomic E-state index is 12.9. The molecule has 0 aliphatic heterocycles. The van der Waals surface area contributed by atoms with Gasteiger partial charge < -0.3 is 33.3 Å². The first-order valence-corrected chi connectivity index (χ1v) is 33.5. The summed E-state index contributed by atoms with van der Waals surface area (Å²) < 4.78 is 22.7. The number of hydrogen-bond donors (Lipinski definition) is 0. The van der Waals surface area contributed by atoms with Crippen LogP contribution in [0.15, 0.2) is 24.3 Å². The SMILES string of the molecule is CCCCC/C=C\C/C=C\CCCCCCCCCC(=O)OC(COC(=O)CCCCCCCCCCCCCCCCCCCCCCCCCCCCCCCCCCCCC)COC(OCC[N+](C)(C)C)C(=O)[O-]. The van der Waals surface area contributed by atoms with Crippen molar-refractivity contribution in [2.45, 2.75) is 347 Å². The van der Waals surface area contributed by atoms with Crippen LogP contribution in [0, 0.1) is 0 Å². The van der Waals surface area contributed by atoms with Crippen LogP contribution in [-0.2, 0) is 33.3 Å². The fraction of sp³-hybridized carbons (Fsp3) is 0.897. The molecule has 0 aromatic carbocycles. The number of carbonyl (C=O) groups excluding carboxylic acids is 3. The van der Waals surface area contributed by atoms with E-state index < -0.39 is 24.3 Å². The zero-order valence-electron chi connectivity index (χ0n) is 51.9. The second kappa shape index (κ2) is 59.9. The molecule has 454 valence electrons. The number of carbonyl (C=O) groups is 3. The molecule has 0 heterocycles. The molecule has 0 rings (SSSR count). The van der Waals surface area contributed by atoms with Crippen molar-refractivity contribution in [3.05, 3.63) is 24.3 Å². The molecule has 0 aromatic rings. The van der Waals surface area contributed by atoms with Gasteiger partial charge in [0, 0.05) is 12.8 Å². The molecule has 0 N–H and O–H groups in total. The van der Waals surface area contributed by atoms with Crippen molar-refractivity contribution in [1.29, 1.82) is 0 Å². The van der Waals surface area contributed by atoms with Crippen LogP contribution in [0.4, 0.5) is 0 Å². The molecule has 0 aliphatic carbocycles. The van der Waals surface area contributed by atoms with Crippen LogP contribution in [-0.4, -0.2) is 82.3 Å². The molecule has 0 saturated heterocycles. The van der Waals surface area contributed by atoms with Gasteiger partial charge in [0.1, 0.15) is 13.2 Å². The van der Waals surface area contributed by atoms with E-state index in [9.17, 15) is 19.5 Å². The molecule has 0 radical (unpaired) electrons. The lowest BCUT2D eigenvalue weighted by atomic mass is 10.0. The molecule has 0 bridgehead atoms. The van der Waals surface area contributed by atoms with Crippen LogP contribution in [0.2, 0.25) is 0 Å². The molecule has 77 heavy (non-hydrogen) atoms. The highest BCUT2D eigenvalue weighted by Gasteiger charge is 2.22. The van der Waals surface area contributed by atoms with E-state index in [0.717, 1.165) is 51.4 Å². The number of unbranched alkanes of at least 4 members (excludes halogenated alkanes) is 44. The topological polar surface area (TPSA) is 111 Å². The van der Waals surface area contributed by atoms with Gasteiger partial charge in [-0.1, -0.05) is 301 Å². The Morgan fingerprint density at radius 3 is 1.05 bits per heavy atom. The van der Waals surface area contributed by atoms with E-state index in [1.54, 1.807) is 0 Å². The summed E-state index contributed by atoms with van der Waals surface area (Å²) in [5, 5.41) is 11.8. The summed E-state index contributed by atoms with van der Waals surface area (Å²) in [5.41, 5.74) is 0. The third-order valence-corrected chi connectivity index (χ3v) is 15.2. The fourth-order valence-electron chi connectivity index (χ4n) is 10.0. The highest BCUT2D eigenvalue weighted by atomic mass is 16.7. The Morgan fingerprint density at radius 1 is 0.390 bits per heavy atom. The first-order valence-electron chi connectivity index (χ1n) is 33.5. The normalized spacial score (nSPS) is 12.8. The molecule has 0 fully saturated rings. The Morgan fingerprint density at radius 2 is 0.701 bits per heavy atom. The molecule has 0 aromatic heterocycles. The van der Waals surface area contributed by atoms with Gasteiger partial charge in [-0.25, -0.2) is 0 Å². The van der Waals surface area contributed by atoms with Gasteiger partial charge in [-0.15, -0.1) is 0 Å². The largest absolute Gasteiger partial charge is 0.545 e. The lowest BCUT2D eigenvalue weighted by Crippen LogP contribution is -2.44. The molecular weight excluding hydrogens is 959 g/mol. The summed E-state index contributed by atoms with van der Waals surface area (Å²) in [7, 11) is 5.93. The number of hydrogen-bond acceptors (Lipinski definition) is 8. The van der Waals surface area contributed by atoms with Crippen LogP contribution in [0.5, 0.6) is 0 Å². The van der Waals surface area contributed by atoms with E-state index in [2.05, 4.69) is 38.2 Å². The van der Waals surface area contributed by atoms with Gasteiger partial charge in [-0.2, -0.15) is 0 Å². The molecule has 0 amide bonds. The molecule has 9 heteroatoms. The van der Waals surface area contributed by atoms with E-state index >= 15 is 0 Å². The van der Waals surface area contributed by atoms with E-state index in [0.29, 0.717) is 23.9 Å². The number of likely N-dealkylation sites (N-methyl/N-ethyl adjacent to an activating group) is 1. The van der Waals surface area contributed by atoms with Crippen molar-refractivity contribution < 1.29 is 42.9 Å². The second-order valence-electron chi connectivity index (χ2n) is 24.1. The van der Waals surface area contributed by atoms with Gasteiger partial charge >= 0.3 is 11.9 Å². The van der Waals surface area contributed by atoms with Crippen LogP contribution in [0.3, 0.4) is 0 Å². The summed E-state index contributed by atoms with van der Waals surface area (Å²) in [6.45, 7) is 4.77. The highest BCUT2D eigenvalue weighted by molar-refractivity contribution is 5.70. The first-order chi connectivity index (χ1) is 37.6. The number of carboxylic acids is 1. The van der Waals surface area contributed by atoms with Gasteiger partial charge in [0.2, 0.25) is 0 Å². The molecule has 2 unspecified atom stereocenters. The van der Waals surface area contributed by atoms with E-state index in [-0.39, 0.29) is 32.2 Å². The van der Waals surface area contributed by atoms with Crippen molar-refractivity contribution in [3.63, 3.8) is 0 Å². The molecule has 0 aliphatic rings. The molecule has 0 saturated carbocycles. The number of aliphatic carboxylic acids is 1. The Hall–Kier alpha value is -2.23. The average Bonchev–Trinajstić information content (AvgIpc) is 3.40. The summed E-state index contributed by atoms with van der Waals surface area (Å²) in [5.74, 6) is -2.27. The van der Waals surface area contributed by atoms with Gasteiger partial charge in [-0.05, 0) is 44.9 Å². The maximum Gasteiger partial charge on any atom is 0.306 e. The minimum atomic E-state index is -1.62. The van der Waals surface area contributed by atoms with Crippen LogP contribution >= 0.6 is 0 Å². The van der Waals surface area contributed by atoms with Crippen LogP contribution in [0.25, 0.3) is 0 Å². The average molecular weight is 1090 g/mol. The lowest BCUT2D eigenvalue weighted by molar-refractivity contribution is -0.870. The Labute approximate surface area is 478 Å². The van der Waals surface area contributed by atoms with Crippen molar-refractivity contribution >= 4 is 17.9 Å². The predicted molar refractivity (Wildman–Crippen MR) is 325 cm³/mol. The zero-order chi connectivity index (χ0) is 56.2. The van der Waals surface area contributed by atoms with Crippen molar-refractivity contribution in [2.75, 3.05) is 47.5 Å². The minimum absolute atomic E-state index is 0.148. The van der Waals surface area contributed by atoms with Crippen LogP contribution in [0.1, 0.15) is 335 Å². The number of allylic oxidation sites excluding steroid dienone is 4. The van der Waals surface area contributed by atoms with Gasteiger partial charge in [0.15, 0.2) is 12.4 Å². The molecule has 2 atom stereocenters. The number of esters is 2. The van der Waals surface area contributed by atoms with Crippen molar-refractivity contribution in [2.24, 2.45) is 0 Å². The van der Waals surface area contributed by atoms with Crippen molar-refractivity contribution in [3.8, 4) is 0 Å².